The number of nitrogens with zero attached hydrogens (tertiary/aromatic N) is 3. The van der Waals surface area contributed by atoms with Crippen molar-refractivity contribution < 1.29 is 14.3 Å². The molecule has 0 aliphatic heterocycles. The lowest BCUT2D eigenvalue weighted by atomic mass is 10.1. The molecule has 138 valence electrons. The number of esters is 1. The van der Waals surface area contributed by atoms with Crippen molar-refractivity contribution in [3.8, 4) is 5.69 Å². The lowest BCUT2D eigenvalue weighted by molar-refractivity contribution is -0.123. The first-order chi connectivity index (χ1) is 13.1. The summed E-state index contributed by atoms with van der Waals surface area (Å²) < 4.78 is 6.84. The summed E-state index contributed by atoms with van der Waals surface area (Å²) in [6.45, 7) is 3.60. The van der Waals surface area contributed by atoms with Gasteiger partial charge in [0.2, 0.25) is 0 Å². The van der Waals surface area contributed by atoms with Gasteiger partial charge in [-0.15, -0.1) is 0 Å². The van der Waals surface area contributed by atoms with Gasteiger partial charge < -0.3 is 10.1 Å². The van der Waals surface area contributed by atoms with Crippen LogP contribution in [0.5, 0.6) is 0 Å². The lowest BCUT2D eigenvalue weighted by Crippen LogP contribution is -2.30. The molecule has 7 nitrogen and oxygen atoms in total. The Kier molecular flexibility index (Phi) is 5.61. The zero-order valence-electron chi connectivity index (χ0n) is 15.1. The molecule has 1 N–H and O–H groups in total. The molecular weight excluding hydrogens is 344 g/mol. The molecule has 0 unspecified atom stereocenters. The summed E-state index contributed by atoms with van der Waals surface area (Å²) in [4.78, 5) is 28.4. The van der Waals surface area contributed by atoms with Crippen LogP contribution in [0.2, 0.25) is 0 Å². The van der Waals surface area contributed by atoms with Gasteiger partial charge in [0.1, 0.15) is 12.7 Å². The third kappa shape index (κ3) is 4.58. The molecule has 1 heterocycles. The van der Waals surface area contributed by atoms with Crippen LogP contribution in [0.15, 0.2) is 61.2 Å². The predicted molar refractivity (Wildman–Crippen MR) is 101 cm³/mol. The van der Waals surface area contributed by atoms with Crippen molar-refractivity contribution in [1.29, 1.82) is 0 Å². The van der Waals surface area contributed by atoms with Crippen LogP contribution in [0, 0.1) is 0 Å². The van der Waals surface area contributed by atoms with E-state index < -0.39 is 12.1 Å². The van der Waals surface area contributed by atoms with Crippen molar-refractivity contribution >= 4 is 17.6 Å². The van der Waals surface area contributed by atoms with E-state index in [2.05, 4.69) is 22.3 Å². The maximum Gasteiger partial charge on any atom is 0.338 e. The fraction of sp³-hybridized carbons (Fsp3) is 0.200. The molecule has 0 radical (unpaired) electrons. The molecule has 1 atom stereocenters. The number of amides is 1. The Balaban J connectivity index is 1.58. The first kappa shape index (κ1) is 18.3. The number of aromatic nitrogens is 3. The fourth-order valence-corrected chi connectivity index (χ4v) is 2.44. The molecule has 1 aromatic heterocycles. The van der Waals surface area contributed by atoms with E-state index >= 15 is 0 Å². The molecule has 3 rings (SSSR count). The summed E-state index contributed by atoms with van der Waals surface area (Å²) >= 11 is 0. The topological polar surface area (TPSA) is 86.1 Å². The molecule has 3 aromatic rings. The summed E-state index contributed by atoms with van der Waals surface area (Å²) in [6.07, 6.45) is 3.00. The molecule has 2 aromatic carbocycles. The summed E-state index contributed by atoms with van der Waals surface area (Å²) in [7, 11) is 0. The quantitative estimate of drug-likeness (QED) is 0.680. The Labute approximate surface area is 157 Å². The molecule has 27 heavy (non-hydrogen) atoms. The van der Waals surface area contributed by atoms with E-state index in [0.717, 1.165) is 12.1 Å². The number of hydrogen-bond acceptors (Lipinski definition) is 5. The highest BCUT2D eigenvalue weighted by molar-refractivity contribution is 5.97. The standard InChI is InChI=1S/C20H20N4O3/c1-3-15-4-8-17(9-5-15)23-19(25)14(2)27-20(26)16-6-10-18(11-7-16)24-13-21-12-22-24/h4-14H,3H2,1-2H3,(H,23,25)/t14-/m1/s1. The van der Waals surface area contributed by atoms with Gasteiger partial charge >= 0.3 is 5.97 Å². The maximum atomic E-state index is 12.3. The molecule has 0 spiro atoms. The number of carbonyl (C=O) groups excluding carboxylic acids is 2. The zero-order chi connectivity index (χ0) is 19.2. The molecule has 0 saturated heterocycles. The van der Waals surface area contributed by atoms with Crippen molar-refractivity contribution in [3.05, 3.63) is 72.3 Å². The van der Waals surface area contributed by atoms with Gasteiger partial charge in [0.25, 0.3) is 5.91 Å². The molecule has 7 heteroatoms. The van der Waals surface area contributed by atoms with Crippen molar-refractivity contribution in [1.82, 2.24) is 14.8 Å². The second-order valence-corrected chi connectivity index (χ2v) is 5.97. The van der Waals surface area contributed by atoms with Gasteiger partial charge in [0.15, 0.2) is 6.10 Å². The normalized spacial score (nSPS) is 11.6. The number of rotatable bonds is 6. The number of carbonyl (C=O) groups is 2. The van der Waals surface area contributed by atoms with Crippen LogP contribution < -0.4 is 5.32 Å². The third-order valence-corrected chi connectivity index (χ3v) is 4.07. The first-order valence-corrected chi connectivity index (χ1v) is 8.62. The Morgan fingerprint density at radius 3 is 2.41 bits per heavy atom. The van der Waals surface area contributed by atoms with Crippen molar-refractivity contribution in [2.45, 2.75) is 26.4 Å². The van der Waals surface area contributed by atoms with Crippen LogP contribution in [-0.2, 0) is 16.0 Å². The SMILES string of the molecule is CCc1ccc(NC(=O)[C@@H](C)OC(=O)c2ccc(-n3cncn3)cc2)cc1. The highest BCUT2D eigenvalue weighted by Gasteiger charge is 2.19. The van der Waals surface area contributed by atoms with Crippen LogP contribution >= 0.6 is 0 Å². The van der Waals surface area contributed by atoms with E-state index in [1.165, 1.54) is 18.8 Å². The van der Waals surface area contributed by atoms with Gasteiger partial charge in [-0.05, 0) is 55.3 Å². The van der Waals surface area contributed by atoms with E-state index in [4.69, 9.17) is 4.74 Å². The Hall–Kier alpha value is -3.48. The molecule has 0 aliphatic rings. The van der Waals surface area contributed by atoms with Crippen molar-refractivity contribution in [3.63, 3.8) is 0 Å². The summed E-state index contributed by atoms with van der Waals surface area (Å²) in [6, 6.07) is 14.2. The van der Waals surface area contributed by atoms with Gasteiger partial charge in [-0.2, -0.15) is 5.10 Å². The smallest absolute Gasteiger partial charge is 0.338 e. The van der Waals surface area contributed by atoms with Crippen LogP contribution in [0.3, 0.4) is 0 Å². The van der Waals surface area contributed by atoms with E-state index in [1.807, 2.05) is 24.3 Å². The fourth-order valence-electron chi connectivity index (χ4n) is 2.44. The van der Waals surface area contributed by atoms with Gasteiger partial charge in [-0.25, -0.2) is 14.5 Å². The van der Waals surface area contributed by atoms with Crippen LogP contribution in [0.4, 0.5) is 5.69 Å². The number of aryl methyl sites for hydroxylation is 1. The maximum absolute atomic E-state index is 12.3. The number of hydrogen-bond donors (Lipinski definition) is 1. The van der Waals surface area contributed by atoms with Gasteiger partial charge in [-0.1, -0.05) is 19.1 Å². The minimum atomic E-state index is -0.918. The second kappa shape index (κ2) is 8.27. The highest BCUT2D eigenvalue weighted by atomic mass is 16.5. The Morgan fingerprint density at radius 2 is 1.81 bits per heavy atom. The molecule has 1 amide bonds. The summed E-state index contributed by atoms with van der Waals surface area (Å²) in [5, 5.41) is 6.76. The molecule has 0 fully saturated rings. The first-order valence-electron chi connectivity index (χ1n) is 8.62. The molecule has 0 bridgehead atoms. The summed E-state index contributed by atoms with van der Waals surface area (Å²) in [5.74, 6) is -0.948. The molecular formula is C20H20N4O3. The number of benzene rings is 2. The molecule has 0 saturated carbocycles. The highest BCUT2D eigenvalue weighted by Crippen LogP contribution is 2.13. The largest absolute Gasteiger partial charge is 0.449 e. The average Bonchev–Trinajstić information content (AvgIpc) is 3.23. The van der Waals surface area contributed by atoms with E-state index in [9.17, 15) is 9.59 Å². The molecule has 0 aliphatic carbocycles. The van der Waals surface area contributed by atoms with Gasteiger partial charge in [0, 0.05) is 5.69 Å². The number of nitrogens with one attached hydrogen (secondary N) is 1. The average molecular weight is 364 g/mol. The van der Waals surface area contributed by atoms with E-state index in [0.29, 0.717) is 11.3 Å². The van der Waals surface area contributed by atoms with Gasteiger partial charge in [-0.3, -0.25) is 4.79 Å². The Morgan fingerprint density at radius 1 is 1.11 bits per heavy atom. The lowest BCUT2D eigenvalue weighted by Gasteiger charge is -2.14. The Bertz CT molecular complexity index is 903. The van der Waals surface area contributed by atoms with Crippen LogP contribution in [0.1, 0.15) is 29.8 Å². The predicted octanol–water partition coefficient (Wildman–Crippen LogP) is 3.01. The number of ether oxygens (including phenoxy) is 1. The minimum absolute atomic E-state index is 0.353. The third-order valence-electron chi connectivity index (χ3n) is 4.07. The van der Waals surface area contributed by atoms with Crippen LogP contribution in [0.25, 0.3) is 5.69 Å². The van der Waals surface area contributed by atoms with Crippen molar-refractivity contribution in [2.75, 3.05) is 5.32 Å². The summed E-state index contributed by atoms with van der Waals surface area (Å²) in [5.41, 5.74) is 2.97. The second-order valence-electron chi connectivity index (χ2n) is 5.97. The van der Waals surface area contributed by atoms with Crippen LogP contribution in [-0.4, -0.2) is 32.7 Å². The zero-order valence-corrected chi connectivity index (χ0v) is 15.1. The van der Waals surface area contributed by atoms with Crippen molar-refractivity contribution in [2.24, 2.45) is 0 Å². The monoisotopic (exact) mass is 364 g/mol. The van der Waals surface area contributed by atoms with E-state index in [-0.39, 0.29) is 5.91 Å². The minimum Gasteiger partial charge on any atom is -0.449 e. The number of anilines is 1. The van der Waals surface area contributed by atoms with E-state index in [1.54, 1.807) is 35.3 Å². The van der Waals surface area contributed by atoms with Gasteiger partial charge in [0.05, 0.1) is 11.3 Å².